The van der Waals surface area contributed by atoms with Gasteiger partial charge in [0.25, 0.3) is 0 Å². The van der Waals surface area contributed by atoms with Crippen LogP contribution in [-0.4, -0.2) is 43.0 Å². The average molecular weight is 1110 g/mol. The molecule has 2 amide bonds. The Bertz CT molecular complexity index is 2890. The highest BCUT2D eigenvalue weighted by molar-refractivity contribution is 8.93. The van der Waals surface area contributed by atoms with Crippen LogP contribution in [0, 0.1) is 27.7 Å². The SMILES string of the molecule is Br.Br.CC1=N/C(=C\c2[nH]c(C)c(CCC(=O)N(Cc3ccccc3)[C@H](C)c3ccccc3)c2C)C(C)=C1CC1=C(C)/C(=C/c2[nH]c(C)c(CCC(=O)N(Cc3ccccc3)[C@H](C)c3ccccc3)c2C)N=C1C. The van der Waals surface area contributed by atoms with Gasteiger partial charge in [-0.05, 0) is 161 Å². The van der Waals surface area contributed by atoms with Crippen molar-refractivity contribution in [1.82, 2.24) is 19.8 Å². The lowest BCUT2D eigenvalue weighted by atomic mass is 9.93. The molecule has 73 heavy (non-hydrogen) atoms. The van der Waals surface area contributed by atoms with Gasteiger partial charge in [0, 0.05) is 66.6 Å². The van der Waals surface area contributed by atoms with Crippen molar-refractivity contribution in [2.24, 2.45) is 9.98 Å². The van der Waals surface area contributed by atoms with Crippen molar-refractivity contribution in [3.8, 4) is 0 Å². The zero-order valence-electron chi connectivity index (χ0n) is 44.2. The molecule has 8 rings (SSSR count). The fourth-order valence-electron chi connectivity index (χ4n) is 10.5. The van der Waals surface area contributed by atoms with Crippen LogP contribution >= 0.6 is 34.0 Å². The molecule has 380 valence electrons. The molecule has 2 aliphatic rings. The second kappa shape index (κ2) is 25.0. The van der Waals surface area contributed by atoms with Gasteiger partial charge < -0.3 is 19.8 Å². The Morgan fingerprint density at radius 3 is 1.18 bits per heavy atom. The summed E-state index contributed by atoms with van der Waals surface area (Å²) in [4.78, 5) is 49.8. The summed E-state index contributed by atoms with van der Waals surface area (Å²) in [5.74, 6) is 0.279. The molecule has 0 bridgehead atoms. The number of carbonyl (C=O) groups excluding carboxylic acids is 2. The zero-order chi connectivity index (χ0) is 50.3. The second-order valence-corrected chi connectivity index (χ2v) is 19.6. The molecule has 0 fully saturated rings. The topological polar surface area (TPSA) is 96.9 Å². The average Bonchev–Trinajstić information content (AvgIpc) is 4.01. The minimum absolute atomic E-state index is 0. The maximum absolute atomic E-state index is 14.1. The highest BCUT2D eigenvalue weighted by Gasteiger charge is 2.27. The zero-order valence-corrected chi connectivity index (χ0v) is 47.7. The summed E-state index contributed by atoms with van der Waals surface area (Å²) in [6, 6.07) is 41.0. The molecule has 8 nitrogen and oxygen atoms in total. The van der Waals surface area contributed by atoms with Gasteiger partial charge in [-0.15, -0.1) is 34.0 Å². The van der Waals surface area contributed by atoms with Gasteiger partial charge in [-0.2, -0.15) is 0 Å². The molecule has 0 spiro atoms. The van der Waals surface area contributed by atoms with Crippen molar-refractivity contribution < 1.29 is 9.59 Å². The Balaban J connectivity index is 0.00000435. The van der Waals surface area contributed by atoms with Crippen LogP contribution in [0.4, 0.5) is 0 Å². The van der Waals surface area contributed by atoms with Crippen LogP contribution in [0.2, 0.25) is 0 Å². The Morgan fingerprint density at radius 1 is 0.507 bits per heavy atom. The highest BCUT2D eigenvalue weighted by Crippen LogP contribution is 2.37. The molecule has 6 aromatic rings. The number of benzene rings is 4. The predicted molar refractivity (Wildman–Crippen MR) is 314 cm³/mol. The van der Waals surface area contributed by atoms with Crippen LogP contribution in [-0.2, 0) is 35.5 Å². The fourth-order valence-corrected chi connectivity index (χ4v) is 10.5. The monoisotopic (exact) mass is 1100 g/mol. The quantitative estimate of drug-likeness (QED) is 0.0897. The number of nitrogens with one attached hydrogen (secondary N) is 2. The number of hydrogen-bond donors (Lipinski definition) is 2. The predicted octanol–water partition coefficient (Wildman–Crippen LogP) is 15.5. The number of allylic oxidation sites excluding steroid dienone is 4. The third-order valence-electron chi connectivity index (χ3n) is 15.0. The van der Waals surface area contributed by atoms with Gasteiger partial charge in [-0.3, -0.25) is 19.6 Å². The first kappa shape index (κ1) is 55.9. The van der Waals surface area contributed by atoms with E-state index in [4.69, 9.17) is 9.98 Å². The number of carbonyl (C=O) groups is 2. The number of halogens is 2. The van der Waals surface area contributed by atoms with Crippen molar-refractivity contribution in [1.29, 1.82) is 0 Å². The molecule has 2 aliphatic heterocycles. The van der Waals surface area contributed by atoms with Crippen LogP contribution in [0.5, 0.6) is 0 Å². The second-order valence-electron chi connectivity index (χ2n) is 19.6. The first-order valence-electron chi connectivity index (χ1n) is 25.3. The van der Waals surface area contributed by atoms with Gasteiger partial charge in [0.15, 0.2) is 0 Å². The summed E-state index contributed by atoms with van der Waals surface area (Å²) in [6.45, 7) is 22.5. The van der Waals surface area contributed by atoms with Gasteiger partial charge in [-0.1, -0.05) is 121 Å². The molecule has 10 heteroatoms. The van der Waals surface area contributed by atoms with Crippen LogP contribution in [0.15, 0.2) is 165 Å². The molecule has 0 saturated carbocycles. The third kappa shape index (κ3) is 12.9. The standard InChI is InChI=1S/C63H70N6O2.2BrH/c1-40-54(31-33-62(70)68(38-50-23-15-11-16-24-50)48(9)52-27-19-13-20-28-52)44(5)64-58(40)36-60-42(3)56(46(7)66-60)35-57-43(4)61(67-47(57)8)37-59-41(2)55(45(6)65-59)32-34-63(71)69(39-51-25-17-12-18-26-51)49(10)53-29-21-14-22-30-53;;/h11-30,36-37,48-49,64-65H,31-35,38-39H2,1-10H3;2*1H/b60-36-,61-37-;;/t48-,49-;;/m1../s1. The highest BCUT2D eigenvalue weighted by atomic mass is 79.9. The summed E-state index contributed by atoms with van der Waals surface area (Å²) in [6.07, 6.45) is 7.22. The van der Waals surface area contributed by atoms with Gasteiger partial charge in [0.1, 0.15) is 0 Å². The van der Waals surface area contributed by atoms with E-state index in [1.807, 2.05) is 82.6 Å². The molecule has 2 aromatic heterocycles. The summed E-state index contributed by atoms with van der Waals surface area (Å²) >= 11 is 0. The summed E-state index contributed by atoms with van der Waals surface area (Å²) in [7, 11) is 0. The first-order chi connectivity index (χ1) is 34.2. The first-order valence-corrected chi connectivity index (χ1v) is 25.3. The number of rotatable bonds is 18. The van der Waals surface area contributed by atoms with E-state index in [-0.39, 0.29) is 57.9 Å². The summed E-state index contributed by atoms with van der Waals surface area (Å²) < 4.78 is 0. The number of aromatic amines is 2. The van der Waals surface area contributed by atoms with Crippen molar-refractivity contribution in [2.75, 3.05) is 0 Å². The lowest BCUT2D eigenvalue weighted by Gasteiger charge is -2.30. The summed E-state index contributed by atoms with van der Waals surface area (Å²) in [5.41, 5.74) is 22.1. The Labute approximate surface area is 454 Å². The Morgan fingerprint density at radius 2 is 0.836 bits per heavy atom. The van der Waals surface area contributed by atoms with Crippen molar-refractivity contribution in [3.63, 3.8) is 0 Å². The molecule has 0 radical (unpaired) electrons. The number of amides is 2. The van der Waals surface area contributed by atoms with E-state index in [1.54, 1.807) is 0 Å². The number of nitrogens with zero attached hydrogens (tertiary/aromatic N) is 4. The van der Waals surface area contributed by atoms with Crippen LogP contribution in [0.3, 0.4) is 0 Å². The normalized spacial score (nSPS) is 15.3. The van der Waals surface area contributed by atoms with Gasteiger partial charge in [-0.25, -0.2) is 0 Å². The van der Waals surface area contributed by atoms with Gasteiger partial charge in [0.2, 0.25) is 11.8 Å². The lowest BCUT2D eigenvalue weighted by Crippen LogP contribution is -2.33. The van der Waals surface area contributed by atoms with Gasteiger partial charge in [0.05, 0.1) is 23.5 Å². The number of aliphatic imine (C=N–C) groups is 2. The molecular weight excluding hydrogens is 1030 g/mol. The molecular formula is C63H72Br2N6O2. The van der Waals surface area contributed by atoms with E-state index in [2.05, 4.69) is 140 Å². The molecule has 4 heterocycles. The largest absolute Gasteiger partial charge is 0.359 e. The smallest absolute Gasteiger partial charge is 0.223 e. The van der Waals surface area contributed by atoms with Crippen molar-refractivity contribution in [3.05, 3.63) is 222 Å². The van der Waals surface area contributed by atoms with Crippen LogP contribution in [0.25, 0.3) is 12.2 Å². The fraction of sp³-hybridized carbons (Fsp3) is 0.302. The van der Waals surface area contributed by atoms with E-state index < -0.39 is 0 Å². The van der Waals surface area contributed by atoms with E-state index in [0.717, 1.165) is 85.4 Å². The van der Waals surface area contributed by atoms with Gasteiger partial charge >= 0.3 is 0 Å². The lowest BCUT2D eigenvalue weighted by molar-refractivity contribution is -0.134. The van der Waals surface area contributed by atoms with E-state index in [0.29, 0.717) is 38.8 Å². The van der Waals surface area contributed by atoms with Crippen molar-refractivity contribution >= 4 is 69.4 Å². The molecule has 0 unspecified atom stereocenters. The van der Waals surface area contributed by atoms with Crippen LogP contribution in [0.1, 0.15) is 140 Å². The van der Waals surface area contributed by atoms with Crippen LogP contribution < -0.4 is 0 Å². The Hall–Kier alpha value is -6.36. The molecule has 0 saturated heterocycles. The minimum Gasteiger partial charge on any atom is -0.359 e. The van der Waals surface area contributed by atoms with Crippen molar-refractivity contribution in [2.45, 2.75) is 127 Å². The molecule has 2 atom stereocenters. The molecule has 2 N–H and O–H groups in total. The van der Waals surface area contributed by atoms with E-state index in [1.165, 1.54) is 33.4 Å². The van der Waals surface area contributed by atoms with E-state index >= 15 is 0 Å². The number of aromatic nitrogens is 2. The molecule has 4 aromatic carbocycles. The number of hydrogen-bond acceptors (Lipinski definition) is 4. The number of aryl methyl sites for hydroxylation is 2. The molecule has 0 aliphatic carbocycles. The summed E-state index contributed by atoms with van der Waals surface area (Å²) in [5, 5.41) is 0. The Kier molecular flexibility index (Phi) is 19.2. The minimum atomic E-state index is -0.0558. The maximum atomic E-state index is 14.1. The maximum Gasteiger partial charge on any atom is 0.223 e. The van der Waals surface area contributed by atoms with E-state index in [9.17, 15) is 9.59 Å². The number of H-pyrrole nitrogens is 2. The third-order valence-corrected chi connectivity index (χ3v) is 15.0.